The summed E-state index contributed by atoms with van der Waals surface area (Å²) in [5.74, 6) is 2.09. The molecule has 0 radical (unpaired) electrons. The zero-order valence-electron chi connectivity index (χ0n) is 22.4. The molecule has 3 nitrogen and oxygen atoms in total. The summed E-state index contributed by atoms with van der Waals surface area (Å²) in [4.78, 5) is 4.59. The topological polar surface area (TPSA) is 15.7 Å². The van der Waals surface area contributed by atoms with E-state index in [2.05, 4.69) is 112 Å². The van der Waals surface area contributed by atoms with Gasteiger partial charge >= 0.3 is 0 Å². The Morgan fingerprint density at radius 2 is 1.80 bits per heavy atom. The van der Waals surface area contributed by atoms with Crippen LogP contribution < -0.4 is 9.64 Å². The van der Waals surface area contributed by atoms with Gasteiger partial charge in [-0.15, -0.1) is 0 Å². The molecule has 2 aromatic carbocycles. The highest BCUT2D eigenvalue weighted by atomic mass is 16.5. The molecule has 0 aliphatic heterocycles. The summed E-state index contributed by atoms with van der Waals surface area (Å²) in [5, 5.41) is 0. The van der Waals surface area contributed by atoms with Crippen molar-refractivity contribution >= 4 is 11.4 Å². The van der Waals surface area contributed by atoms with Gasteiger partial charge in [-0.1, -0.05) is 42.5 Å². The van der Waals surface area contributed by atoms with Gasteiger partial charge in [-0.3, -0.25) is 0 Å². The first-order chi connectivity index (χ1) is 16.8. The van der Waals surface area contributed by atoms with Crippen LogP contribution >= 0.6 is 0 Å². The molecule has 3 atom stereocenters. The third-order valence-electron chi connectivity index (χ3n) is 6.67. The molecule has 2 aromatic rings. The lowest BCUT2D eigenvalue weighted by Crippen LogP contribution is -2.34. The number of hydrogen-bond donors (Lipinski definition) is 0. The van der Waals surface area contributed by atoms with Crippen LogP contribution in [0.15, 0.2) is 96.8 Å². The van der Waals surface area contributed by atoms with Crippen molar-refractivity contribution in [2.45, 2.75) is 46.6 Å². The van der Waals surface area contributed by atoms with Gasteiger partial charge in [0.05, 0.1) is 6.61 Å². The Kier molecular flexibility index (Phi) is 9.56. The average molecular weight is 471 g/mol. The second-order valence-electron chi connectivity index (χ2n) is 10.1. The molecule has 186 valence electrons. The van der Waals surface area contributed by atoms with Gasteiger partial charge in [0.25, 0.3) is 0 Å². The van der Waals surface area contributed by atoms with E-state index in [1.807, 2.05) is 25.2 Å². The standard InChI is InChI=1S/C32H42N2O/c1-8-10-13-28(9-2)34(30-14-11-12-25(5)20-30)29-15-17-31(18-16-29)35-23-27-21-26(19-24(3)4)22-32(27)33(6)7/h8-20,26-27,32H,2,21-23H2,1,3-7H3/b10-8-,28-13+. The molecule has 3 heteroatoms. The van der Waals surface area contributed by atoms with Crippen LogP contribution in [-0.2, 0) is 0 Å². The van der Waals surface area contributed by atoms with Crippen LogP contribution in [0.4, 0.5) is 11.4 Å². The van der Waals surface area contributed by atoms with Gasteiger partial charge < -0.3 is 14.5 Å². The number of rotatable bonds is 10. The predicted octanol–water partition coefficient (Wildman–Crippen LogP) is 8.08. The van der Waals surface area contributed by atoms with Gasteiger partial charge in [-0.2, -0.15) is 0 Å². The molecule has 3 unspecified atom stereocenters. The average Bonchev–Trinajstić information content (AvgIpc) is 3.23. The van der Waals surface area contributed by atoms with Crippen molar-refractivity contribution in [3.63, 3.8) is 0 Å². The monoisotopic (exact) mass is 470 g/mol. The Bertz CT molecular complexity index is 1060. The summed E-state index contributed by atoms with van der Waals surface area (Å²) in [6, 6.07) is 17.5. The number of benzene rings is 2. The number of anilines is 2. The highest BCUT2D eigenvalue weighted by Crippen LogP contribution is 2.36. The van der Waals surface area contributed by atoms with Crippen LogP contribution in [-0.4, -0.2) is 31.6 Å². The second kappa shape index (κ2) is 12.6. The maximum absolute atomic E-state index is 6.32. The van der Waals surface area contributed by atoms with Crippen LogP contribution in [0.25, 0.3) is 0 Å². The van der Waals surface area contributed by atoms with Crippen LogP contribution in [0.3, 0.4) is 0 Å². The van der Waals surface area contributed by atoms with Crippen LogP contribution in [0.1, 0.15) is 39.2 Å². The van der Waals surface area contributed by atoms with Gasteiger partial charge in [0, 0.05) is 29.0 Å². The quantitative estimate of drug-likeness (QED) is 0.258. The van der Waals surface area contributed by atoms with Crippen molar-refractivity contribution in [3.05, 3.63) is 102 Å². The first-order valence-electron chi connectivity index (χ1n) is 12.7. The Labute approximate surface area is 213 Å². The maximum atomic E-state index is 6.32. The molecule has 1 saturated carbocycles. The highest BCUT2D eigenvalue weighted by molar-refractivity contribution is 5.71. The van der Waals surface area contributed by atoms with E-state index in [1.54, 1.807) is 0 Å². The highest BCUT2D eigenvalue weighted by Gasteiger charge is 2.35. The molecule has 0 saturated heterocycles. The molecular weight excluding hydrogens is 428 g/mol. The zero-order valence-corrected chi connectivity index (χ0v) is 22.4. The van der Waals surface area contributed by atoms with Crippen molar-refractivity contribution in [2.24, 2.45) is 11.8 Å². The number of hydrogen-bond acceptors (Lipinski definition) is 3. The smallest absolute Gasteiger partial charge is 0.119 e. The summed E-state index contributed by atoms with van der Waals surface area (Å²) in [6.45, 7) is 13.3. The van der Waals surface area contributed by atoms with Gasteiger partial charge in [0.15, 0.2) is 0 Å². The number of allylic oxidation sites excluding steroid dienone is 6. The van der Waals surface area contributed by atoms with Crippen molar-refractivity contribution < 1.29 is 4.74 Å². The normalized spacial score (nSPS) is 20.3. The fourth-order valence-electron chi connectivity index (χ4n) is 5.10. The number of aryl methyl sites for hydroxylation is 1. The first kappa shape index (κ1) is 26.6. The number of ether oxygens (including phenoxy) is 1. The van der Waals surface area contributed by atoms with E-state index in [0.717, 1.165) is 29.4 Å². The SMILES string of the molecule is C=C/C(=C\C=C/C)N(c1ccc(OCC2CC(C=C(C)C)CC2N(C)C)cc1)c1cccc(C)c1. The summed E-state index contributed by atoms with van der Waals surface area (Å²) >= 11 is 0. The molecule has 0 amide bonds. The first-order valence-corrected chi connectivity index (χ1v) is 12.7. The molecule has 3 rings (SSSR count). The maximum Gasteiger partial charge on any atom is 0.119 e. The Morgan fingerprint density at radius 3 is 2.40 bits per heavy atom. The third-order valence-corrected chi connectivity index (χ3v) is 6.67. The lowest BCUT2D eigenvalue weighted by molar-refractivity contribution is 0.169. The van der Waals surface area contributed by atoms with Crippen LogP contribution in [0, 0.1) is 18.8 Å². The minimum absolute atomic E-state index is 0.533. The van der Waals surface area contributed by atoms with E-state index in [9.17, 15) is 0 Å². The van der Waals surface area contributed by atoms with Gasteiger partial charge in [0.1, 0.15) is 5.75 Å². The largest absolute Gasteiger partial charge is 0.493 e. The summed E-state index contributed by atoms with van der Waals surface area (Å²) in [5.41, 5.74) is 5.84. The van der Waals surface area contributed by atoms with E-state index >= 15 is 0 Å². The van der Waals surface area contributed by atoms with Crippen molar-refractivity contribution in [1.82, 2.24) is 4.90 Å². The molecule has 35 heavy (non-hydrogen) atoms. The Balaban J connectivity index is 1.79. The molecule has 1 fully saturated rings. The van der Waals surface area contributed by atoms with Gasteiger partial charge in [0.2, 0.25) is 0 Å². The zero-order chi connectivity index (χ0) is 25.4. The summed E-state index contributed by atoms with van der Waals surface area (Å²) < 4.78 is 6.32. The molecule has 0 aromatic heterocycles. The Morgan fingerprint density at radius 1 is 1.06 bits per heavy atom. The molecule has 0 spiro atoms. The van der Waals surface area contributed by atoms with Crippen LogP contribution in [0.2, 0.25) is 0 Å². The van der Waals surface area contributed by atoms with E-state index in [4.69, 9.17) is 4.74 Å². The lowest BCUT2D eigenvalue weighted by Gasteiger charge is -2.27. The Hall–Kier alpha value is -3.04. The van der Waals surface area contributed by atoms with Crippen molar-refractivity contribution in [2.75, 3.05) is 25.6 Å². The molecule has 1 aliphatic carbocycles. The molecule has 1 aliphatic rings. The fourth-order valence-corrected chi connectivity index (χ4v) is 5.10. The minimum Gasteiger partial charge on any atom is -0.493 e. The molecule has 0 bridgehead atoms. The van der Waals surface area contributed by atoms with Gasteiger partial charge in [-0.25, -0.2) is 0 Å². The second-order valence-corrected chi connectivity index (χ2v) is 10.1. The van der Waals surface area contributed by atoms with E-state index in [0.29, 0.717) is 17.9 Å². The predicted molar refractivity (Wildman–Crippen MR) is 151 cm³/mol. The fraction of sp³-hybridized carbons (Fsp3) is 0.375. The van der Waals surface area contributed by atoms with Gasteiger partial charge in [-0.05, 0) is 115 Å². The third kappa shape index (κ3) is 7.22. The van der Waals surface area contributed by atoms with E-state index < -0.39 is 0 Å². The lowest BCUT2D eigenvalue weighted by atomic mass is 10.0. The van der Waals surface area contributed by atoms with Crippen LogP contribution in [0.5, 0.6) is 5.75 Å². The molecule has 0 heterocycles. The summed E-state index contributed by atoms with van der Waals surface area (Å²) in [7, 11) is 4.38. The van der Waals surface area contributed by atoms with Crippen molar-refractivity contribution in [3.8, 4) is 5.75 Å². The van der Waals surface area contributed by atoms with E-state index in [1.165, 1.54) is 24.0 Å². The summed E-state index contributed by atoms with van der Waals surface area (Å²) in [6.07, 6.45) is 12.9. The van der Waals surface area contributed by atoms with E-state index in [-0.39, 0.29) is 0 Å². The molecular formula is C32H42N2O. The number of nitrogens with zero attached hydrogens (tertiary/aromatic N) is 2. The minimum atomic E-state index is 0.533. The molecule has 0 N–H and O–H groups in total. The van der Waals surface area contributed by atoms with Crippen molar-refractivity contribution in [1.29, 1.82) is 0 Å².